The van der Waals surface area contributed by atoms with Crippen LogP contribution in [0, 0.1) is 17.7 Å². The fourth-order valence-corrected chi connectivity index (χ4v) is 2.60. The molecule has 0 radical (unpaired) electrons. The van der Waals surface area contributed by atoms with E-state index in [1.54, 1.807) is 31.3 Å². The molecule has 21 heavy (non-hydrogen) atoms. The standard InChI is InChI=1S/C16H18FNO3/c1-18(10-11-6-2-5-9-14(11)17)15(19)12-7-3-4-8-13(12)16(20)21/h2-6,9,12-13H,7-8,10H2,1H3,(H,20,21)/t12-,13+/m1/s1. The Balaban J connectivity index is 2.10. The van der Waals surface area contributed by atoms with Crippen molar-refractivity contribution in [2.75, 3.05) is 7.05 Å². The number of rotatable bonds is 4. The molecule has 2 atom stereocenters. The largest absolute Gasteiger partial charge is 0.481 e. The zero-order chi connectivity index (χ0) is 15.4. The number of amides is 1. The van der Waals surface area contributed by atoms with Gasteiger partial charge in [0.15, 0.2) is 0 Å². The predicted octanol–water partition coefficient (Wildman–Crippen LogP) is 2.45. The first kappa shape index (κ1) is 15.2. The Hall–Kier alpha value is -2.17. The highest BCUT2D eigenvalue weighted by Gasteiger charge is 2.35. The number of aliphatic carboxylic acids is 1. The van der Waals surface area contributed by atoms with E-state index in [4.69, 9.17) is 0 Å². The van der Waals surface area contributed by atoms with Crippen LogP contribution >= 0.6 is 0 Å². The van der Waals surface area contributed by atoms with Crippen LogP contribution in [-0.4, -0.2) is 28.9 Å². The molecule has 0 unspecified atom stereocenters. The second kappa shape index (κ2) is 6.52. The fraction of sp³-hybridized carbons (Fsp3) is 0.375. The number of carbonyl (C=O) groups excluding carboxylic acids is 1. The van der Waals surface area contributed by atoms with Gasteiger partial charge < -0.3 is 10.0 Å². The molecule has 0 heterocycles. The molecule has 112 valence electrons. The Labute approximate surface area is 122 Å². The van der Waals surface area contributed by atoms with E-state index in [-0.39, 0.29) is 18.3 Å². The number of halogens is 1. The Morgan fingerprint density at radius 3 is 2.48 bits per heavy atom. The van der Waals surface area contributed by atoms with Gasteiger partial charge in [-0.1, -0.05) is 30.4 Å². The number of hydrogen-bond donors (Lipinski definition) is 1. The molecule has 0 aliphatic heterocycles. The zero-order valence-corrected chi connectivity index (χ0v) is 11.8. The number of hydrogen-bond acceptors (Lipinski definition) is 2. The average molecular weight is 291 g/mol. The lowest BCUT2D eigenvalue weighted by molar-refractivity contribution is -0.150. The van der Waals surface area contributed by atoms with E-state index < -0.39 is 17.8 Å². The lowest BCUT2D eigenvalue weighted by Gasteiger charge is -2.28. The van der Waals surface area contributed by atoms with Gasteiger partial charge in [-0.3, -0.25) is 9.59 Å². The molecule has 0 spiro atoms. The number of allylic oxidation sites excluding steroid dienone is 2. The summed E-state index contributed by atoms with van der Waals surface area (Å²) in [6.45, 7) is 0.137. The van der Waals surface area contributed by atoms with Crippen LogP contribution in [-0.2, 0) is 16.1 Å². The van der Waals surface area contributed by atoms with Crippen molar-refractivity contribution in [3.05, 3.63) is 47.8 Å². The third-order valence-electron chi connectivity index (χ3n) is 3.81. The Morgan fingerprint density at radius 1 is 1.24 bits per heavy atom. The van der Waals surface area contributed by atoms with Gasteiger partial charge in [0, 0.05) is 19.2 Å². The van der Waals surface area contributed by atoms with Gasteiger partial charge >= 0.3 is 5.97 Å². The number of carbonyl (C=O) groups is 2. The van der Waals surface area contributed by atoms with Crippen molar-refractivity contribution in [3.8, 4) is 0 Å². The molecule has 2 rings (SSSR count). The maximum atomic E-state index is 13.6. The van der Waals surface area contributed by atoms with Crippen molar-refractivity contribution in [2.24, 2.45) is 11.8 Å². The monoisotopic (exact) mass is 291 g/mol. The first-order valence-corrected chi connectivity index (χ1v) is 6.87. The van der Waals surface area contributed by atoms with Crippen molar-refractivity contribution in [3.63, 3.8) is 0 Å². The van der Waals surface area contributed by atoms with Gasteiger partial charge in [0.25, 0.3) is 0 Å². The first-order valence-electron chi connectivity index (χ1n) is 6.87. The molecule has 1 N–H and O–H groups in total. The third kappa shape index (κ3) is 3.48. The SMILES string of the molecule is CN(Cc1ccccc1F)C(=O)[C@@H]1CC=CC[C@@H]1C(=O)O. The summed E-state index contributed by atoms with van der Waals surface area (Å²) in [5.41, 5.74) is 0.423. The number of nitrogens with zero attached hydrogens (tertiary/aromatic N) is 1. The second-order valence-electron chi connectivity index (χ2n) is 5.28. The molecule has 0 bridgehead atoms. The Kier molecular flexibility index (Phi) is 4.73. The van der Waals surface area contributed by atoms with Gasteiger partial charge in [-0.2, -0.15) is 0 Å². The van der Waals surface area contributed by atoms with Crippen molar-refractivity contribution in [1.29, 1.82) is 0 Å². The number of carboxylic acid groups (broad SMARTS) is 1. The summed E-state index contributed by atoms with van der Waals surface area (Å²) in [7, 11) is 1.58. The van der Waals surface area contributed by atoms with Gasteiger partial charge in [-0.05, 0) is 18.9 Å². The highest BCUT2D eigenvalue weighted by molar-refractivity contribution is 5.85. The molecule has 1 aromatic rings. The second-order valence-corrected chi connectivity index (χ2v) is 5.28. The topological polar surface area (TPSA) is 57.6 Å². The fourth-order valence-electron chi connectivity index (χ4n) is 2.60. The van der Waals surface area contributed by atoms with Gasteiger partial charge in [0.1, 0.15) is 5.82 Å². The Morgan fingerprint density at radius 2 is 1.86 bits per heavy atom. The van der Waals surface area contributed by atoms with Crippen LogP contribution in [0.4, 0.5) is 4.39 Å². The molecular formula is C16H18FNO3. The Bertz CT molecular complexity index is 570. The minimum Gasteiger partial charge on any atom is -0.481 e. The molecule has 0 fully saturated rings. The molecule has 4 nitrogen and oxygen atoms in total. The van der Waals surface area contributed by atoms with E-state index in [1.165, 1.54) is 11.0 Å². The maximum absolute atomic E-state index is 13.6. The van der Waals surface area contributed by atoms with Gasteiger partial charge in [-0.25, -0.2) is 4.39 Å². The minimum atomic E-state index is -0.961. The average Bonchev–Trinajstić information content (AvgIpc) is 2.48. The van der Waals surface area contributed by atoms with Crippen LogP contribution in [0.5, 0.6) is 0 Å². The smallest absolute Gasteiger partial charge is 0.307 e. The van der Waals surface area contributed by atoms with Crippen LogP contribution in [0.1, 0.15) is 18.4 Å². The molecule has 1 amide bonds. The third-order valence-corrected chi connectivity index (χ3v) is 3.81. The molecule has 1 aliphatic rings. The summed E-state index contributed by atoms with van der Waals surface area (Å²) in [4.78, 5) is 25.1. The highest BCUT2D eigenvalue weighted by Crippen LogP contribution is 2.28. The van der Waals surface area contributed by atoms with E-state index in [1.807, 2.05) is 6.08 Å². The van der Waals surface area contributed by atoms with E-state index in [2.05, 4.69) is 0 Å². The molecule has 0 saturated carbocycles. The van der Waals surface area contributed by atoms with Crippen molar-refractivity contribution in [1.82, 2.24) is 4.90 Å². The number of carboxylic acids is 1. The number of benzene rings is 1. The molecule has 0 saturated heterocycles. The van der Waals surface area contributed by atoms with Crippen molar-refractivity contribution < 1.29 is 19.1 Å². The normalized spacial score (nSPS) is 21.0. The van der Waals surface area contributed by atoms with Crippen LogP contribution in [0.15, 0.2) is 36.4 Å². The van der Waals surface area contributed by atoms with E-state index in [0.717, 1.165) is 0 Å². The summed E-state index contributed by atoms with van der Waals surface area (Å²) in [6, 6.07) is 6.26. The molecule has 0 aromatic heterocycles. The lowest BCUT2D eigenvalue weighted by atomic mass is 9.82. The molecule has 1 aromatic carbocycles. The summed E-state index contributed by atoms with van der Waals surface area (Å²) in [5, 5.41) is 9.21. The highest BCUT2D eigenvalue weighted by atomic mass is 19.1. The van der Waals surface area contributed by atoms with Crippen LogP contribution in [0.25, 0.3) is 0 Å². The first-order chi connectivity index (χ1) is 10.0. The summed E-state index contributed by atoms with van der Waals surface area (Å²) < 4.78 is 13.6. The van der Waals surface area contributed by atoms with Crippen LogP contribution in [0.3, 0.4) is 0 Å². The maximum Gasteiger partial charge on any atom is 0.307 e. The lowest BCUT2D eigenvalue weighted by Crippen LogP contribution is -2.39. The minimum absolute atomic E-state index is 0.137. The van der Waals surface area contributed by atoms with Crippen molar-refractivity contribution >= 4 is 11.9 Å². The molecular weight excluding hydrogens is 273 g/mol. The predicted molar refractivity (Wildman–Crippen MR) is 75.9 cm³/mol. The van der Waals surface area contributed by atoms with Gasteiger partial charge in [0.2, 0.25) is 5.91 Å². The van der Waals surface area contributed by atoms with Gasteiger partial charge in [-0.15, -0.1) is 0 Å². The summed E-state index contributed by atoms with van der Waals surface area (Å²) in [6.07, 6.45) is 4.40. The zero-order valence-electron chi connectivity index (χ0n) is 11.8. The molecule has 5 heteroatoms. The summed E-state index contributed by atoms with van der Waals surface area (Å²) in [5.74, 6) is -2.86. The molecule has 1 aliphatic carbocycles. The van der Waals surface area contributed by atoms with Crippen molar-refractivity contribution in [2.45, 2.75) is 19.4 Å². The summed E-state index contributed by atoms with van der Waals surface area (Å²) >= 11 is 0. The van der Waals surface area contributed by atoms with Crippen LogP contribution < -0.4 is 0 Å². The van der Waals surface area contributed by atoms with Crippen LogP contribution in [0.2, 0.25) is 0 Å². The quantitative estimate of drug-likeness (QED) is 0.867. The van der Waals surface area contributed by atoms with E-state index in [9.17, 15) is 19.1 Å². The van der Waals surface area contributed by atoms with E-state index in [0.29, 0.717) is 18.4 Å². The van der Waals surface area contributed by atoms with Gasteiger partial charge in [0.05, 0.1) is 11.8 Å². The van der Waals surface area contributed by atoms with E-state index >= 15 is 0 Å².